The number of carboxylic acids is 1. The van der Waals surface area contributed by atoms with Crippen molar-refractivity contribution < 1.29 is 65.0 Å². The van der Waals surface area contributed by atoms with Gasteiger partial charge in [0.15, 0.2) is 23.1 Å². The Morgan fingerprint density at radius 2 is 1.69 bits per heavy atom. The number of anilines is 1. The molecule has 16 nitrogen and oxygen atoms in total. The van der Waals surface area contributed by atoms with Gasteiger partial charge < -0.3 is 55.4 Å². The number of phenolic OH excluding ortho intramolecular Hbond substituents is 2. The topological polar surface area (TPSA) is 263 Å². The molecule has 322 valence electrons. The van der Waals surface area contributed by atoms with Crippen molar-refractivity contribution >= 4 is 35.6 Å². The molecular formula is C45H49N3O13. The number of phenols is 2. The highest BCUT2D eigenvalue weighted by Crippen LogP contribution is 2.66. The first kappa shape index (κ1) is 42.2. The molecule has 9 N–H and O–H groups in total. The van der Waals surface area contributed by atoms with Gasteiger partial charge in [-0.05, 0) is 72.2 Å². The maximum atomic E-state index is 14.9. The first-order valence-electron chi connectivity index (χ1n) is 20.4. The highest BCUT2D eigenvalue weighted by Gasteiger charge is 2.67. The van der Waals surface area contributed by atoms with Gasteiger partial charge in [-0.2, -0.15) is 0 Å². The summed E-state index contributed by atoms with van der Waals surface area (Å²) in [6.45, 7) is -0.907. The van der Waals surface area contributed by atoms with Crippen LogP contribution < -0.4 is 9.64 Å². The van der Waals surface area contributed by atoms with Gasteiger partial charge in [-0.3, -0.25) is 19.7 Å². The van der Waals surface area contributed by atoms with E-state index in [0.29, 0.717) is 41.9 Å². The summed E-state index contributed by atoms with van der Waals surface area (Å²) < 4.78 is 11.0. The molecule has 0 bridgehead atoms. The SMILES string of the molecule is O=C(/C=C/c1ccc(O)c(CC2=NCN=C2)c1)N1c2cc(O[C@]3(O)O[C@H](CO)[C@@H](O)[C@H](O)[C@H]3O)c(O)cc2[C@H]2[C@H](C3(c4ccccc4)CCCCC3)C(CCO)=C[C@]21C(=O)O. The molecule has 3 aliphatic heterocycles. The van der Waals surface area contributed by atoms with Gasteiger partial charge in [0.1, 0.15) is 30.7 Å². The number of aliphatic hydroxyl groups is 6. The molecule has 8 atom stereocenters. The van der Waals surface area contributed by atoms with Crippen LogP contribution in [0.3, 0.4) is 0 Å². The van der Waals surface area contributed by atoms with Crippen molar-refractivity contribution in [1.82, 2.24) is 0 Å². The second-order valence-electron chi connectivity index (χ2n) is 16.4. The molecule has 0 unspecified atom stereocenters. The number of aliphatic carboxylic acids is 1. The van der Waals surface area contributed by atoms with Gasteiger partial charge in [0, 0.05) is 48.3 Å². The summed E-state index contributed by atoms with van der Waals surface area (Å²) in [6.07, 6.45) is 2.39. The lowest BCUT2D eigenvalue weighted by Gasteiger charge is -2.47. The molecule has 0 spiro atoms. The van der Waals surface area contributed by atoms with E-state index in [1.54, 1.807) is 24.4 Å². The molecule has 8 rings (SSSR count). The van der Waals surface area contributed by atoms with Gasteiger partial charge in [-0.1, -0.05) is 61.2 Å². The Kier molecular flexibility index (Phi) is 11.4. The van der Waals surface area contributed by atoms with Crippen LogP contribution in [-0.2, 0) is 26.2 Å². The van der Waals surface area contributed by atoms with Crippen LogP contribution in [0.4, 0.5) is 5.69 Å². The summed E-state index contributed by atoms with van der Waals surface area (Å²) in [6, 6.07) is 16.9. The molecule has 1 amide bonds. The van der Waals surface area contributed by atoms with E-state index < -0.39 is 83.2 Å². The molecule has 2 aliphatic carbocycles. The first-order valence-corrected chi connectivity index (χ1v) is 20.4. The molecular weight excluding hydrogens is 791 g/mol. The van der Waals surface area contributed by atoms with Crippen molar-refractivity contribution in [2.24, 2.45) is 15.9 Å². The summed E-state index contributed by atoms with van der Waals surface area (Å²) in [5.74, 6) is -8.17. The van der Waals surface area contributed by atoms with Gasteiger partial charge in [-0.25, -0.2) is 4.79 Å². The maximum absolute atomic E-state index is 14.9. The number of aliphatic hydroxyl groups excluding tert-OH is 5. The van der Waals surface area contributed by atoms with Crippen LogP contribution in [0.25, 0.3) is 6.08 Å². The highest BCUT2D eigenvalue weighted by atomic mass is 16.8. The number of amides is 1. The fourth-order valence-corrected chi connectivity index (χ4v) is 10.3. The quantitative estimate of drug-likeness (QED) is 0.0722. The Bertz CT molecular complexity index is 2310. The summed E-state index contributed by atoms with van der Waals surface area (Å²) in [4.78, 5) is 38.6. The predicted molar refractivity (Wildman–Crippen MR) is 220 cm³/mol. The number of nitrogens with zero attached hydrogens (tertiary/aromatic N) is 3. The van der Waals surface area contributed by atoms with Gasteiger partial charge in [-0.15, -0.1) is 0 Å². The summed E-state index contributed by atoms with van der Waals surface area (Å²) >= 11 is 0. The summed E-state index contributed by atoms with van der Waals surface area (Å²) in [5, 5.41) is 97.2. The van der Waals surface area contributed by atoms with Gasteiger partial charge in [0.2, 0.25) is 0 Å². The first-order chi connectivity index (χ1) is 29.3. The van der Waals surface area contributed by atoms with E-state index in [9.17, 15) is 55.5 Å². The third kappa shape index (κ3) is 7.11. The minimum absolute atomic E-state index is 0.00891. The van der Waals surface area contributed by atoms with Crippen LogP contribution in [0.2, 0.25) is 0 Å². The molecule has 1 saturated carbocycles. The van der Waals surface area contributed by atoms with Crippen LogP contribution in [0.5, 0.6) is 17.2 Å². The van der Waals surface area contributed by atoms with Crippen LogP contribution in [0.15, 0.2) is 88.4 Å². The minimum Gasteiger partial charge on any atom is -0.508 e. The van der Waals surface area contributed by atoms with Crippen molar-refractivity contribution in [3.63, 3.8) is 0 Å². The maximum Gasteiger partial charge on any atom is 0.355 e. The number of aliphatic imine (C=N–C) groups is 2. The standard InChI is InChI=1S/C45H49N3O13/c49-16-13-26-21-44(42(57)58)38(37(26)43(14-5-2-6-15-43)28-7-3-1-4-8-28)30-19-33(52)34(60-45(59)41(56)40(55)39(54)35(23-50)61-45)20-31(30)48(44)36(53)12-10-25-9-11-32(51)27(17-25)18-29-22-46-24-47-29/h1,3-4,7-12,17,19-22,35,37-41,49-52,54-56,59H,2,5-6,13-16,18,23-24H2,(H,57,58)/b12-10+/t35-,37-,38+,39-,40+,41-,44-,45+/m1/s1. The number of carbonyl (C=O) groups is 2. The molecule has 3 aromatic rings. The van der Waals surface area contributed by atoms with E-state index in [2.05, 4.69) is 9.98 Å². The Balaban J connectivity index is 1.29. The van der Waals surface area contributed by atoms with E-state index in [0.717, 1.165) is 35.8 Å². The molecule has 0 radical (unpaired) electrons. The molecule has 0 aromatic heterocycles. The predicted octanol–water partition coefficient (Wildman–Crippen LogP) is 2.43. The second-order valence-corrected chi connectivity index (χ2v) is 16.4. The van der Waals surface area contributed by atoms with Gasteiger partial charge in [0.05, 0.1) is 18.0 Å². The number of ether oxygens (including phenoxy) is 2. The fourth-order valence-electron chi connectivity index (χ4n) is 10.3. The normalized spacial score (nSPS) is 30.2. The van der Waals surface area contributed by atoms with E-state index >= 15 is 0 Å². The molecule has 3 aromatic carbocycles. The number of hydrogen-bond donors (Lipinski definition) is 9. The number of carbonyl (C=O) groups excluding carboxylic acids is 1. The third-order valence-electron chi connectivity index (χ3n) is 13.0. The van der Waals surface area contributed by atoms with Crippen LogP contribution in [0, 0.1) is 5.92 Å². The van der Waals surface area contributed by atoms with Crippen molar-refractivity contribution in [1.29, 1.82) is 0 Å². The van der Waals surface area contributed by atoms with E-state index in [4.69, 9.17) is 9.47 Å². The number of benzene rings is 3. The van der Waals surface area contributed by atoms with Crippen LogP contribution in [0.1, 0.15) is 66.7 Å². The average Bonchev–Trinajstić information content (AvgIpc) is 3.96. The van der Waals surface area contributed by atoms with E-state index in [1.807, 2.05) is 30.3 Å². The summed E-state index contributed by atoms with van der Waals surface area (Å²) in [5.41, 5.74) is 0.776. The zero-order valence-electron chi connectivity index (χ0n) is 33.1. The van der Waals surface area contributed by atoms with Crippen molar-refractivity contribution in [3.05, 3.63) is 101 Å². The van der Waals surface area contributed by atoms with E-state index in [1.165, 1.54) is 24.3 Å². The number of fused-ring (bicyclic) bond motifs is 3. The Morgan fingerprint density at radius 1 is 0.934 bits per heavy atom. The average molecular weight is 840 g/mol. The lowest BCUT2D eigenvalue weighted by atomic mass is 9.56. The monoisotopic (exact) mass is 839 g/mol. The van der Waals surface area contributed by atoms with Gasteiger partial charge in [0.25, 0.3) is 5.91 Å². The van der Waals surface area contributed by atoms with E-state index in [-0.39, 0.29) is 36.4 Å². The van der Waals surface area contributed by atoms with Crippen molar-refractivity contribution in [2.45, 2.75) is 92.2 Å². The number of hydrogen-bond acceptors (Lipinski definition) is 14. The van der Waals surface area contributed by atoms with Gasteiger partial charge >= 0.3 is 11.9 Å². The Hall–Kier alpha value is -5.46. The molecule has 16 heteroatoms. The zero-order valence-corrected chi connectivity index (χ0v) is 33.1. The molecule has 61 heavy (non-hydrogen) atoms. The number of rotatable bonds is 12. The lowest BCUT2D eigenvalue weighted by Crippen LogP contribution is -2.67. The minimum atomic E-state index is -3.14. The Labute approximate surface area is 350 Å². The smallest absolute Gasteiger partial charge is 0.355 e. The molecule has 3 heterocycles. The zero-order chi connectivity index (χ0) is 43.3. The van der Waals surface area contributed by atoms with Crippen molar-refractivity contribution in [3.8, 4) is 17.2 Å². The van der Waals surface area contributed by atoms with Crippen LogP contribution in [-0.4, -0.2) is 126 Å². The largest absolute Gasteiger partial charge is 0.508 e. The fraction of sp³-hybridized carbons (Fsp3) is 0.422. The van der Waals surface area contributed by atoms with Crippen LogP contribution >= 0.6 is 0 Å². The third-order valence-corrected chi connectivity index (χ3v) is 13.0. The molecule has 5 aliphatic rings. The number of aromatic hydroxyl groups is 2. The second kappa shape index (κ2) is 16.4. The molecule has 2 fully saturated rings. The number of carboxylic acid groups (broad SMARTS) is 1. The van der Waals surface area contributed by atoms with Crippen molar-refractivity contribution in [2.75, 3.05) is 24.8 Å². The Morgan fingerprint density at radius 3 is 2.36 bits per heavy atom. The lowest BCUT2D eigenvalue weighted by molar-refractivity contribution is -0.422. The summed E-state index contributed by atoms with van der Waals surface area (Å²) in [7, 11) is 0. The highest BCUT2D eigenvalue weighted by molar-refractivity contribution is 6.32. The molecule has 1 saturated heterocycles.